The Kier molecular flexibility index (Phi) is 3.90. The second-order valence-electron chi connectivity index (χ2n) is 2.98. The number of carbonyl (C=O) groups is 1. The van der Waals surface area contributed by atoms with Crippen molar-refractivity contribution in [2.45, 2.75) is 18.2 Å². The van der Waals surface area contributed by atoms with Crippen molar-refractivity contribution < 1.29 is 18.0 Å². The van der Waals surface area contributed by atoms with Crippen LogP contribution in [0.2, 0.25) is 0 Å². The third-order valence-corrected chi connectivity index (χ3v) is 2.31. The standard InChI is InChI=1S/C10H8BrF3O/c1-5(11)9(15)6-3-2-4-7(12)8(6)10(13)14/h2-5,10H,1H3. The molecule has 0 heterocycles. The van der Waals surface area contributed by atoms with Crippen LogP contribution in [-0.2, 0) is 0 Å². The zero-order valence-corrected chi connectivity index (χ0v) is 9.39. The predicted octanol–water partition coefficient (Wildman–Crippen LogP) is 3.73. The fourth-order valence-electron chi connectivity index (χ4n) is 1.19. The maximum Gasteiger partial charge on any atom is 0.267 e. The van der Waals surface area contributed by atoms with Gasteiger partial charge >= 0.3 is 0 Å². The molecule has 1 aromatic carbocycles. The third-order valence-electron chi connectivity index (χ3n) is 1.90. The molecule has 0 saturated heterocycles. The molecule has 1 atom stereocenters. The maximum absolute atomic E-state index is 13.1. The zero-order chi connectivity index (χ0) is 11.6. The SMILES string of the molecule is CC(Br)C(=O)c1cccc(F)c1C(F)F. The van der Waals surface area contributed by atoms with Crippen molar-refractivity contribution in [2.75, 3.05) is 0 Å². The van der Waals surface area contributed by atoms with E-state index in [2.05, 4.69) is 15.9 Å². The lowest BCUT2D eigenvalue weighted by molar-refractivity contribution is 0.0978. The van der Waals surface area contributed by atoms with Crippen molar-refractivity contribution in [1.82, 2.24) is 0 Å². The van der Waals surface area contributed by atoms with Gasteiger partial charge in [-0.25, -0.2) is 13.2 Å². The summed E-state index contributed by atoms with van der Waals surface area (Å²) in [6, 6.07) is 3.35. The number of Topliss-reactive ketones (excluding diaryl/α,β-unsaturated/α-hetero) is 1. The van der Waals surface area contributed by atoms with Crippen LogP contribution in [0, 0.1) is 5.82 Å². The van der Waals surface area contributed by atoms with Gasteiger partial charge in [0.2, 0.25) is 0 Å². The molecule has 5 heteroatoms. The highest BCUT2D eigenvalue weighted by atomic mass is 79.9. The van der Waals surface area contributed by atoms with E-state index in [-0.39, 0.29) is 5.56 Å². The molecule has 0 aliphatic carbocycles. The third kappa shape index (κ3) is 2.59. The van der Waals surface area contributed by atoms with Crippen LogP contribution in [0.5, 0.6) is 0 Å². The molecule has 0 saturated carbocycles. The first-order chi connectivity index (χ1) is 6.95. The van der Waals surface area contributed by atoms with E-state index in [1.807, 2.05) is 0 Å². The van der Waals surface area contributed by atoms with Gasteiger partial charge in [0.25, 0.3) is 6.43 Å². The molecule has 1 unspecified atom stereocenters. The number of rotatable bonds is 3. The van der Waals surface area contributed by atoms with Gasteiger partial charge in [0, 0.05) is 5.56 Å². The van der Waals surface area contributed by atoms with Crippen molar-refractivity contribution in [3.63, 3.8) is 0 Å². The summed E-state index contributed by atoms with van der Waals surface area (Å²) in [4.78, 5) is 10.9. The second-order valence-corrected chi connectivity index (χ2v) is 4.36. The van der Waals surface area contributed by atoms with E-state index in [1.165, 1.54) is 19.1 Å². The van der Waals surface area contributed by atoms with Gasteiger partial charge < -0.3 is 0 Å². The maximum atomic E-state index is 13.1. The first-order valence-electron chi connectivity index (χ1n) is 4.20. The highest BCUT2D eigenvalue weighted by molar-refractivity contribution is 9.10. The van der Waals surface area contributed by atoms with Crippen molar-refractivity contribution in [2.24, 2.45) is 0 Å². The first kappa shape index (κ1) is 12.2. The summed E-state index contributed by atoms with van der Waals surface area (Å²) < 4.78 is 38.1. The Labute approximate surface area is 93.4 Å². The van der Waals surface area contributed by atoms with E-state index >= 15 is 0 Å². The molecule has 0 radical (unpaired) electrons. The van der Waals surface area contributed by atoms with Crippen molar-refractivity contribution >= 4 is 21.7 Å². The molecular weight excluding hydrogens is 273 g/mol. The number of carbonyl (C=O) groups excluding carboxylic acids is 1. The summed E-state index contributed by atoms with van der Waals surface area (Å²) in [5.41, 5.74) is -1.09. The highest BCUT2D eigenvalue weighted by Crippen LogP contribution is 2.27. The smallest absolute Gasteiger partial charge is 0.267 e. The summed E-state index contributed by atoms with van der Waals surface area (Å²) in [5.74, 6) is -1.60. The van der Waals surface area contributed by atoms with Gasteiger partial charge in [0.15, 0.2) is 5.78 Å². The number of hydrogen-bond donors (Lipinski definition) is 0. The molecule has 1 rings (SSSR count). The van der Waals surface area contributed by atoms with Crippen LogP contribution < -0.4 is 0 Å². The minimum atomic E-state index is -2.99. The van der Waals surface area contributed by atoms with Crippen LogP contribution in [0.3, 0.4) is 0 Å². The number of benzene rings is 1. The average Bonchev–Trinajstić information content (AvgIpc) is 2.15. The molecule has 0 spiro atoms. The molecule has 0 fully saturated rings. The van der Waals surface area contributed by atoms with E-state index in [0.29, 0.717) is 0 Å². The van der Waals surface area contributed by atoms with Crippen LogP contribution in [-0.4, -0.2) is 10.6 Å². The molecular formula is C10H8BrF3O. The molecule has 82 valence electrons. The Morgan fingerprint density at radius 2 is 2.00 bits per heavy atom. The molecule has 15 heavy (non-hydrogen) atoms. The summed E-state index contributed by atoms with van der Waals surface area (Å²) in [6.45, 7) is 1.50. The highest BCUT2D eigenvalue weighted by Gasteiger charge is 2.24. The number of hydrogen-bond acceptors (Lipinski definition) is 1. The molecule has 0 aliphatic heterocycles. The van der Waals surface area contributed by atoms with E-state index < -0.39 is 28.4 Å². The van der Waals surface area contributed by atoms with Crippen molar-refractivity contribution in [1.29, 1.82) is 0 Å². The topological polar surface area (TPSA) is 17.1 Å². The van der Waals surface area contributed by atoms with E-state index in [4.69, 9.17) is 0 Å². The summed E-state index contributed by atoms with van der Waals surface area (Å²) >= 11 is 2.97. The Morgan fingerprint density at radius 3 is 2.47 bits per heavy atom. The summed E-state index contributed by atoms with van der Waals surface area (Å²) in [6.07, 6.45) is -2.99. The van der Waals surface area contributed by atoms with Crippen LogP contribution in [0.25, 0.3) is 0 Å². The van der Waals surface area contributed by atoms with Gasteiger partial charge in [0.1, 0.15) is 5.82 Å². The minimum absolute atomic E-state index is 0.269. The molecule has 0 bridgehead atoms. The van der Waals surface area contributed by atoms with E-state index in [0.717, 1.165) is 6.07 Å². The fourth-order valence-corrected chi connectivity index (χ4v) is 1.43. The molecule has 0 N–H and O–H groups in total. The summed E-state index contributed by atoms with van der Waals surface area (Å²) in [5, 5.41) is 0. The Bertz CT molecular complexity index is 377. The molecule has 0 aromatic heterocycles. The van der Waals surface area contributed by atoms with Crippen LogP contribution in [0.1, 0.15) is 29.3 Å². The van der Waals surface area contributed by atoms with Crippen LogP contribution in [0.4, 0.5) is 13.2 Å². The Hall–Kier alpha value is -0.840. The predicted molar refractivity (Wildman–Crippen MR) is 54.1 cm³/mol. The van der Waals surface area contributed by atoms with Gasteiger partial charge in [-0.3, -0.25) is 4.79 Å². The average molecular weight is 281 g/mol. The Morgan fingerprint density at radius 1 is 1.40 bits per heavy atom. The molecule has 0 aliphatic rings. The summed E-state index contributed by atoms with van der Waals surface area (Å²) in [7, 11) is 0. The van der Waals surface area contributed by atoms with Gasteiger partial charge in [-0.1, -0.05) is 28.1 Å². The minimum Gasteiger partial charge on any atom is -0.293 e. The van der Waals surface area contributed by atoms with Gasteiger partial charge in [0.05, 0.1) is 10.4 Å². The van der Waals surface area contributed by atoms with E-state index in [1.54, 1.807) is 0 Å². The lowest BCUT2D eigenvalue weighted by atomic mass is 10.0. The Balaban J connectivity index is 3.29. The first-order valence-corrected chi connectivity index (χ1v) is 5.11. The lowest BCUT2D eigenvalue weighted by Gasteiger charge is -2.09. The van der Waals surface area contributed by atoms with Crippen molar-refractivity contribution in [3.05, 3.63) is 35.1 Å². The zero-order valence-electron chi connectivity index (χ0n) is 7.81. The normalized spacial score (nSPS) is 12.9. The van der Waals surface area contributed by atoms with Gasteiger partial charge in [-0.2, -0.15) is 0 Å². The van der Waals surface area contributed by atoms with Gasteiger partial charge in [-0.05, 0) is 13.0 Å². The molecule has 0 amide bonds. The number of halogens is 4. The van der Waals surface area contributed by atoms with E-state index in [9.17, 15) is 18.0 Å². The van der Waals surface area contributed by atoms with Crippen molar-refractivity contribution in [3.8, 4) is 0 Å². The fraction of sp³-hybridized carbons (Fsp3) is 0.300. The number of alkyl halides is 3. The second kappa shape index (κ2) is 4.79. The van der Waals surface area contributed by atoms with Gasteiger partial charge in [-0.15, -0.1) is 0 Å². The molecule has 1 nitrogen and oxygen atoms in total. The molecule has 1 aromatic rings. The number of ketones is 1. The lowest BCUT2D eigenvalue weighted by Crippen LogP contribution is -2.14. The largest absolute Gasteiger partial charge is 0.293 e. The van der Waals surface area contributed by atoms with Crippen LogP contribution in [0.15, 0.2) is 18.2 Å². The monoisotopic (exact) mass is 280 g/mol. The van der Waals surface area contributed by atoms with Crippen LogP contribution >= 0.6 is 15.9 Å². The quantitative estimate of drug-likeness (QED) is 0.609.